The number of nitrogens with two attached hydrogens (primary N) is 1. The van der Waals surface area contributed by atoms with E-state index >= 15 is 0 Å². The highest BCUT2D eigenvalue weighted by molar-refractivity contribution is 6.01. The number of hydrogen-bond acceptors (Lipinski definition) is 4. The molecule has 0 aliphatic heterocycles. The number of nitrogens with zero attached hydrogens (tertiary/aromatic N) is 1. The molecular formula is C10H15N3O3. The average Bonchev–Trinajstić information content (AvgIpc) is 2.79. The monoisotopic (exact) mass is 225 g/mol. The fourth-order valence-corrected chi connectivity index (χ4v) is 1.31. The van der Waals surface area contributed by atoms with E-state index in [1.165, 1.54) is 6.26 Å². The second-order valence-corrected chi connectivity index (χ2v) is 3.28. The first kappa shape index (κ1) is 12.1. The maximum Gasteiger partial charge on any atom is 0.231 e. The van der Waals surface area contributed by atoms with E-state index < -0.39 is 5.92 Å². The third-order valence-corrected chi connectivity index (χ3v) is 2.21. The molecule has 0 fully saturated rings. The van der Waals surface area contributed by atoms with E-state index in [1.54, 1.807) is 19.1 Å². The van der Waals surface area contributed by atoms with Gasteiger partial charge in [-0.15, -0.1) is 0 Å². The van der Waals surface area contributed by atoms with Crippen LogP contribution in [0.1, 0.15) is 19.1 Å². The minimum Gasteiger partial charge on any atom is -0.467 e. The van der Waals surface area contributed by atoms with E-state index in [1.807, 2.05) is 0 Å². The topological polar surface area (TPSA) is 101 Å². The number of carbonyl (C=O) groups excluding carboxylic acids is 1. The summed E-state index contributed by atoms with van der Waals surface area (Å²) in [5.41, 5.74) is 5.39. The molecule has 88 valence electrons. The maximum atomic E-state index is 11.6. The third-order valence-electron chi connectivity index (χ3n) is 2.21. The van der Waals surface area contributed by atoms with Crippen molar-refractivity contribution >= 4 is 11.7 Å². The van der Waals surface area contributed by atoms with Crippen LogP contribution in [-0.2, 0) is 11.3 Å². The number of nitrogens with one attached hydrogen (secondary N) is 1. The smallest absolute Gasteiger partial charge is 0.231 e. The molecule has 6 nitrogen and oxygen atoms in total. The molecule has 1 atom stereocenters. The molecule has 1 unspecified atom stereocenters. The zero-order valence-electron chi connectivity index (χ0n) is 9.01. The molecular weight excluding hydrogens is 210 g/mol. The molecule has 0 saturated heterocycles. The Bertz CT molecular complexity index is 359. The Morgan fingerprint density at radius 1 is 1.75 bits per heavy atom. The van der Waals surface area contributed by atoms with Gasteiger partial charge in [0.2, 0.25) is 5.91 Å². The molecule has 6 heteroatoms. The van der Waals surface area contributed by atoms with Crippen molar-refractivity contribution in [1.29, 1.82) is 0 Å². The van der Waals surface area contributed by atoms with Crippen LogP contribution in [0.25, 0.3) is 0 Å². The predicted molar refractivity (Wildman–Crippen MR) is 57.7 cm³/mol. The fraction of sp³-hybridized carbons (Fsp3) is 0.400. The lowest BCUT2D eigenvalue weighted by molar-refractivity contribution is -0.123. The molecule has 1 amide bonds. The van der Waals surface area contributed by atoms with Gasteiger partial charge in [-0.2, -0.15) is 0 Å². The van der Waals surface area contributed by atoms with Crippen molar-refractivity contribution in [3.8, 4) is 0 Å². The number of hydrogen-bond donors (Lipinski definition) is 3. The van der Waals surface area contributed by atoms with Crippen molar-refractivity contribution in [2.45, 2.75) is 19.9 Å². The normalized spacial score (nSPS) is 13.4. The van der Waals surface area contributed by atoms with E-state index in [0.29, 0.717) is 18.7 Å². The first-order valence-electron chi connectivity index (χ1n) is 4.96. The average molecular weight is 225 g/mol. The lowest BCUT2D eigenvalue weighted by Crippen LogP contribution is -2.38. The van der Waals surface area contributed by atoms with Gasteiger partial charge in [0.15, 0.2) is 5.84 Å². The van der Waals surface area contributed by atoms with E-state index in [0.717, 1.165) is 0 Å². The van der Waals surface area contributed by atoms with Crippen molar-refractivity contribution in [3.63, 3.8) is 0 Å². The highest BCUT2D eigenvalue weighted by atomic mass is 16.4. The summed E-state index contributed by atoms with van der Waals surface area (Å²) in [6, 6.07) is 3.49. The Balaban J connectivity index is 2.50. The summed E-state index contributed by atoms with van der Waals surface area (Å²) in [7, 11) is 0. The van der Waals surface area contributed by atoms with Crippen LogP contribution in [-0.4, -0.2) is 17.0 Å². The van der Waals surface area contributed by atoms with Gasteiger partial charge in [-0.3, -0.25) is 4.79 Å². The summed E-state index contributed by atoms with van der Waals surface area (Å²) in [4.78, 5) is 11.6. The minimum absolute atomic E-state index is 0.0838. The predicted octanol–water partition coefficient (Wildman–Crippen LogP) is 0.668. The molecule has 0 radical (unpaired) electrons. The zero-order chi connectivity index (χ0) is 12.0. The fourth-order valence-electron chi connectivity index (χ4n) is 1.31. The third kappa shape index (κ3) is 3.01. The summed E-state index contributed by atoms with van der Waals surface area (Å²) in [6.45, 7) is 2.08. The lowest BCUT2D eigenvalue weighted by Gasteiger charge is -2.12. The Hall–Kier alpha value is -1.98. The van der Waals surface area contributed by atoms with Crippen molar-refractivity contribution in [2.75, 3.05) is 0 Å². The van der Waals surface area contributed by atoms with Crippen molar-refractivity contribution < 1.29 is 14.4 Å². The Morgan fingerprint density at radius 3 is 3.00 bits per heavy atom. The summed E-state index contributed by atoms with van der Waals surface area (Å²) in [5, 5.41) is 14.0. The molecule has 0 aliphatic rings. The number of amidine groups is 1. The van der Waals surface area contributed by atoms with Gasteiger partial charge in [-0.1, -0.05) is 12.1 Å². The van der Waals surface area contributed by atoms with E-state index in [-0.39, 0.29) is 11.7 Å². The number of amides is 1. The van der Waals surface area contributed by atoms with Crippen LogP contribution in [0.5, 0.6) is 0 Å². The number of carbonyl (C=O) groups is 1. The van der Waals surface area contributed by atoms with Crippen LogP contribution in [0.15, 0.2) is 28.0 Å². The van der Waals surface area contributed by atoms with Crippen molar-refractivity contribution in [1.82, 2.24) is 5.32 Å². The molecule has 0 saturated carbocycles. The molecule has 1 rings (SSSR count). The first-order valence-corrected chi connectivity index (χ1v) is 4.96. The van der Waals surface area contributed by atoms with Crippen LogP contribution in [0.4, 0.5) is 0 Å². The molecule has 0 bridgehead atoms. The molecule has 16 heavy (non-hydrogen) atoms. The first-order chi connectivity index (χ1) is 7.69. The van der Waals surface area contributed by atoms with Gasteiger partial charge in [-0.05, 0) is 18.6 Å². The van der Waals surface area contributed by atoms with Crippen molar-refractivity contribution in [3.05, 3.63) is 24.2 Å². The summed E-state index contributed by atoms with van der Waals surface area (Å²) < 4.78 is 5.06. The van der Waals surface area contributed by atoms with Gasteiger partial charge in [0.1, 0.15) is 5.76 Å². The molecule has 1 aromatic heterocycles. The van der Waals surface area contributed by atoms with E-state index in [9.17, 15) is 4.79 Å². The van der Waals surface area contributed by atoms with Crippen LogP contribution in [0, 0.1) is 5.92 Å². The Labute approximate surface area is 93.1 Å². The van der Waals surface area contributed by atoms with Gasteiger partial charge in [0.25, 0.3) is 0 Å². The molecule has 0 aliphatic carbocycles. The Kier molecular flexibility index (Phi) is 4.38. The Morgan fingerprint density at radius 2 is 2.50 bits per heavy atom. The highest BCUT2D eigenvalue weighted by Crippen LogP contribution is 2.04. The number of furan rings is 1. The van der Waals surface area contributed by atoms with Gasteiger partial charge in [-0.25, -0.2) is 0 Å². The SMILES string of the molecule is CCC(C(=O)NCc1ccco1)C(N)=NO. The van der Waals surface area contributed by atoms with Gasteiger partial charge in [0.05, 0.1) is 18.7 Å². The summed E-state index contributed by atoms with van der Waals surface area (Å²) in [5.74, 6) is -0.323. The maximum absolute atomic E-state index is 11.6. The van der Waals surface area contributed by atoms with Crippen LogP contribution in [0.2, 0.25) is 0 Å². The van der Waals surface area contributed by atoms with Gasteiger partial charge in [0, 0.05) is 0 Å². The highest BCUT2D eigenvalue weighted by Gasteiger charge is 2.20. The van der Waals surface area contributed by atoms with Crippen LogP contribution < -0.4 is 11.1 Å². The van der Waals surface area contributed by atoms with E-state index in [4.69, 9.17) is 15.4 Å². The van der Waals surface area contributed by atoms with Crippen LogP contribution in [0.3, 0.4) is 0 Å². The second kappa shape index (κ2) is 5.79. The van der Waals surface area contributed by atoms with Crippen molar-refractivity contribution in [2.24, 2.45) is 16.8 Å². The molecule has 1 aromatic rings. The van der Waals surface area contributed by atoms with E-state index in [2.05, 4.69) is 10.5 Å². The summed E-state index contributed by atoms with van der Waals surface area (Å²) >= 11 is 0. The molecule has 0 spiro atoms. The second-order valence-electron chi connectivity index (χ2n) is 3.28. The summed E-state index contributed by atoms with van der Waals surface area (Å²) in [6.07, 6.45) is 2.00. The minimum atomic E-state index is -0.611. The molecule has 0 aromatic carbocycles. The van der Waals surface area contributed by atoms with Gasteiger partial charge < -0.3 is 20.7 Å². The standard InChI is InChI=1S/C10H15N3O3/c1-2-8(9(11)13-15)10(14)12-6-7-4-3-5-16-7/h3-5,8,15H,2,6H2,1H3,(H2,11,13)(H,12,14). The zero-order valence-corrected chi connectivity index (χ0v) is 9.01. The quantitative estimate of drug-likeness (QED) is 0.296. The number of oxime groups is 1. The lowest BCUT2D eigenvalue weighted by atomic mass is 10.0. The van der Waals surface area contributed by atoms with Crippen LogP contribution >= 0.6 is 0 Å². The molecule has 4 N–H and O–H groups in total. The number of rotatable bonds is 5. The van der Waals surface area contributed by atoms with Gasteiger partial charge >= 0.3 is 0 Å². The largest absolute Gasteiger partial charge is 0.467 e. The molecule has 1 heterocycles.